The average Bonchev–Trinajstić information content (AvgIpc) is 2.70. The summed E-state index contributed by atoms with van der Waals surface area (Å²) in [6.07, 6.45) is 1.60. The summed E-state index contributed by atoms with van der Waals surface area (Å²) in [6.45, 7) is 2.09. The fraction of sp³-hybridized carbons (Fsp3) is 0.357. The van der Waals surface area contributed by atoms with Crippen LogP contribution in [0.5, 0.6) is 0 Å². The second-order valence-electron chi connectivity index (χ2n) is 4.81. The van der Waals surface area contributed by atoms with E-state index in [1.54, 1.807) is 0 Å². The highest BCUT2D eigenvalue weighted by Crippen LogP contribution is 2.29. The van der Waals surface area contributed by atoms with Gasteiger partial charge in [-0.3, -0.25) is 16.0 Å². The van der Waals surface area contributed by atoms with Gasteiger partial charge in [-0.25, -0.2) is 0 Å². The second-order valence-corrected chi connectivity index (χ2v) is 6.96. The SMILES string of the molecule is CCc1nn(C)c(CC(NN)c2cc(Cl)cc(Br)c2)c1Br. The number of hydrogen-bond donors (Lipinski definition) is 2. The van der Waals surface area contributed by atoms with Crippen LogP contribution in [0.2, 0.25) is 5.02 Å². The first kappa shape index (κ1) is 17.0. The van der Waals surface area contributed by atoms with Crippen molar-refractivity contribution in [2.75, 3.05) is 0 Å². The Labute approximate surface area is 146 Å². The van der Waals surface area contributed by atoms with Crippen molar-refractivity contribution in [3.05, 3.63) is 49.1 Å². The maximum Gasteiger partial charge on any atom is 0.0766 e. The number of halogens is 3. The molecule has 1 atom stereocenters. The Balaban J connectivity index is 2.33. The molecule has 1 aromatic heterocycles. The topological polar surface area (TPSA) is 55.9 Å². The number of rotatable bonds is 5. The maximum atomic E-state index is 6.12. The lowest BCUT2D eigenvalue weighted by Crippen LogP contribution is -2.30. The molecule has 114 valence electrons. The number of aryl methyl sites for hydroxylation is 2. The van der Waals surface area contributed by atoms with E-state index in [0.717, 1.165) is 32.3 Å². The fourth-order valence-electron chi connectivity index (χ4n) is 2.28. The lowest BCUT2D eigenvalue weighted by atomic mass is 10.0. The smallest absolute Gasteiger partial charge is 0.0766 e. The first-order chi connectivity index (χ1) is 9.96. The first-order valence-corrected chi connectivity index (χ1v) is 8.55. The van der Waals surface area contributed by atoms with Gasteiger partial charge in [0.05, 0.1) is 21.9 Å². The molecule has 0 saturated carbocycles. The Kier molecular flexibility index (Phi) is 5.85. The summed E-state index contributed by atoms with van der Waals surface area (Å²) in [5.41, 5.74) is 6.05. The van der Waals surface area contributed by atoms with Crippen molar-refractivity contribution < 1.29 is 0 Å². The molecule has 0 aliphatic heterocycles. The first-order valence-electron chi connectivity index (χ1n) is 6.58. The number of hydrogen-bond acceptors (Lipinski definition) is 3. The normalized spacial score (nSPS) is 12.7. The predicted molar refractivity (Wildman–Crippen MR) is 93.2 cm³/mol. The van der Waals surface area contributed by atoms with E-state index in [9.17, 15) is 0 Å². The van der Waals surface area contributed by atoms with Crippen LogP contribution in [0.15, 0.2) is 27.1 Å². The standard InChI is InChI=1S/C14H17Br2ClN4/c1-3-11-14(16)13(21(2)20-11)7-12(19-18)8-4-9(15)6-10(17)5-8/h4-6,12,19H,3,7,18H2,1-2H3. The van der Waals surface area contributed by atoms with Crippen molar-refractivity contribution in [1.82, 2.24) is 15.2 Å². The summed E-state index contributed by atoms with van der Waals surface area (Å²) in [5.74, 6) is 5.74. The van der Waals surface area contributed by atoms with Gasteiger partial charge in [0, 0.05) is 23.0 Å². The van der Waals surface area contributed by atoms with Gasteiger partial charge in [-0.2, -0.15) is 5.10 Å². The van der Waals surface area contributed by atoms with Gasteiger partial charge in [-0.1, -0.05) is 34.5 Å². The Hall–Kier alpha value is -0.400. The zero-order valence-corrected chi connectivity index (χ0v) is 15.8. The summed E-state index contributed by atoms with van der Waals surface area (Å²) >= 11 is 13.2. The number of benzene rings is 1. The van der Waals surface area contributed by atoms with Crippen molar-refractivity contribution in [3.63, 3.8) is 0 Å². The minimum absolute atomic E-state index is 0.0450. The van der Waals surface area contributed by atoms with Gasteiger partial charge in [-0.05, 0) is 46.1 Å². The largest absolute Gasteiger partial charge is 0.271 e. The van der Waals surface area contributed by atoms with Gasteiger partial charge in [0.2, 0.25) is 0 Å². The van der Waals surface area contributed by atoms with Crippen LogP contribution in [-0.4, -0.2) is 9.78 Å². The van der Waals surface area contributed by atoms with E-state index >= 15 is 0 Å². The van der Waals surface area contributed by atoms with Gasteiger partial charge < -0.3 is 0 Å². The highest BCUT2D eigenvalue weighted by atomic mass is 79.9. The molecular weight excluding hydrogens is 419 g/mol. The van der Waals surface area contributed by atoms with Crippen LogP contribution >= 0.6 is 43.5 Å². The van der Waals surface area contributed by atoms with E-state index in [-0.39, 0.29) is 6.04 Å². The van der Waals surface area contributed by atoms with Crippen molar-refractivity contribution in [1.29, 1.82) is 0 Å². The number of nitrogens with zero attached hydrogens (tertiary/aromatic N) is 2. The van der Waals surface area contributed by atoms with Gasteiger partial charge in [0.15, 0.2) is 0 Å². The number of nitrogens with two attached hydrogens (primary N) is 1. The molecule has 0 saturated heterocycles. The minimum Gasteiger partial charge on any atom is -0.271 e. The molecule has 3 N–H and O–H groups in total. The molecule has 0 fully saturated rings. The quantitative estimate of drug-likeness (QED) is 0.552. The molecule has 0 radical (unpaired) electrons. The summed E-state index contributed by atoms with van der Waals surface area (Å²) < 4.78 is 3.88. The molecule has 1 heterocycles. The molecule has 7 heteroatoms. The predicted octanol–water partition coefficient (Wildman–Crippen LogP) is 3.91. The van der Waals surface area contributed by atoms with Crippen LogP contribution in [0, 0.1) is 0 Å². The molecule has 2 aromatic rings. The molecule has 2 rings (SSSR count). The molecule has 0 amide bonds. The Bertz CT molecular complexity index is 622. The molecule has 4 nitrogen and oxygen atoms in total. The Morgan fingerprint density at radius 2 is 2.10 bits per heavy atom. The highest BCUT2D eigenvalue weighted by molar-refractivity contribution is 9.10. The van der Waals surface area contributed by atoms with E-state index in [1.165, 1.54) is 0 Å². The van der Waals surface area contributed by atoms with Crippen LogP contribution in [0.4, 0.5) is 0 Å². The van der Waals surface area contributed by atoms with Crippen molar-refractivity contribution >= 4 is 43.5 Å². The lowest BCUT2D eigenvalue weighted by Gasteiger charge is -2.17. The number of aromatic nitrogens is 2. The van der Waals surface area contributed by atoms with E-state index < -0.39 is 0 Å². The molecule has 1 unspecified atom stereocenters. The average molecular weight is 437 g/mol. The van der Waals surface area contributed by atoms with E-state index in [0.29, 0.717) is 11.4 Å². The highest BCUT2D eigenvalue weighted by Gasteiger charge is 2.19. The lowest BCUT2D eigenvalue weighted by molar-refractivity contribution is 0.529. The molecule has 21 heavy (non-hydrogen) atoms. The molecule has 0 bridgehead atoms. The van der Waals surface area contributed by atoms with Crippen LogP contribution < -0.4 is 11.3 Å². The van der Waals surface area contributed by atoms with Crippen molar-refractivity contribution in [2.45, 2.75) is 25.8 Å². The maximum absolute atomic E-state index is 6.12. The zero-order valence-electron chi connectivity index (χ0n) is 11.8. The van der Waals surface area contributed by atoms with E-state index in [4.69, 9.17) is 17.4 Å². The zero-order chi connectivity index (χ0) is 15.6. The monoisotopic (exact) mass is 434 g/mol. The Morgan fingerprint density at radius 1 is 1.38 bits per heavy atom. The van der Waals surface area contributed by atoms with Crippen LogP contribution in [-0.2, 0) is 19.9 Å². The summed E-state index contributed by atoms with van der Waals surface area (Å²) in [7, 11) is 1.95. The summed E-state index contributed by atoms with van der Waals surface area (Å²) in [5, 5.41) is 5.19. The third-order valence-electron chi connectivity index (χ3n) is 3.39. The van der Waals surface area contributed by atoms with Crippen LogP contribution in [0.3, 0.4) is 0 Å². The van der Waals surface area contributed by atoms with Gasteiger partial charge in [0.1, 0.15) is 0 Å². The van der Waals surface area contributed by atoms with E-state index in [2.05, 4.69) is 49.3 Å². The third-order valence-corrected chi connectivity index (χ3v) is 4.98. The van der Waals surface area contributed by atoms with E-state index in [1.807, 2.05) is 29.9 Å². The molecular formula is C14H17Br2ClN4. The van der Waals surface area contributed by atoms with Crippen molar-refractivity contribution in [3.8, 4) is 0 Å². The second kappa shape index (κ2) is 7.24. The Morgan fingerprint density at radius 3 is 2.62 bits per heavy atom. The van der Waals surface area contributed by atoms with Gasteiger partial charge in [-0.15, -0.1) is 0 Å². The van der Waals surface area contributed by atoms with Gasteiger partial charge in [0.25, 0.3) is 0 Å². The summed E-state index contributed by atoms with van der Waals surface area (Å²) in [4.78, 5) is 0. The molecule has 0 aliphatic carbocycles. The van der Waals surface area contributed by atoms with Crippen molar-refractivity contribution in [2.24, 2.45) is 12.9 Å². The number of hydrazine groups is 1. The fourth-order valence-corrected chi connectivity index (χ4v) is 3.95. The summed E-state index contributed by atoms with van der Waals surface area (Å²) in [6, 6.07) is 5.74. The minimum atomic E-state index is -0.0450. The molecule has 0 spiro atoms. The molecule has 0 aliphatic rings. The van der Waals surface area contributed by atoms with Gasteiger partial charge >= 0.3 is 0 Å². The van der Waals surface area contributed by atoms with Crippen LogP contribution in [0.1, 0.15) is 29.9 Å². The van der Waals surface area contributed by atoms with Crippen LogP contribution in [0.25, 0.3) is 0 Å². The third kappa shape index (κ3) is 3.87. The molecule has 1 aromatic carbocycles. The number of nitrogens with one attached hydrogen (secondary N) is 1.